The van der Waals surface area contributed by atoms with Gasteiger partial charge in [0.05, 0.1) is 18.8 Å². The van der Waals surface area contributed by atoms with Crippen LogP contribution in [0.1, 0.15) is 31.4 Å². The summed E-state index contributed by atoms with van der Waals surface area (Å²) in [5.41, 5.74) is 2.14. The van der Waals surface area contributed by atoms with Gasteiger partial charge in [-0.3, -0.25) is 0 Å². The van der Waals surface area contributed by atoms with Gasteiger partial charge in [-0.1, -0.05) is 25.1 Å². The summed E-state index contributed by atoms with van der Waals surface area (Å²) >= 11 is 0. The molecule has 0 spiro atoms. The normalized spacial score (nSPS) is 21.5. The van der Waals surface area contributed by atoms with Crippen molar-refractivity contribution in [2.75, 3.05) is 25.2 Å². The summed E-state index contributed by atoms with van der Waals surface area (Å²) in [5.74, 6) is 0. The summed E-state index contributed by atoms with van der Waals surface area (Å²) in [4.78, 5) is 2.24. The molecule has 1 aromatic rings. The van der Waals surface area contributed by atoms with Gasteiger partial charge in [0.2, 0.25) is 0 Å². The number of likely N-dealkylation sites (N-methyl/N-ethyl adjacent to an activating group) is 1. The zero-order chi connectivity index (χ0) is 12.3. The van der Waals surface area contributed by atoms with E-state index in [0.29, 0.717) is 6.04 Å². The molecule has 1 saturated heterocycles. The Morgan fingerprint density at radius 2 is 2.24 bits per heavy atom. The van der Waals surface area contributed by atoms with E-state index in [1.165, 1.54) is 0 Å². The van der Waals surface area contributed by atoms with E-state index >= 15 is 0 Å². The Bertz CT molecular complexity index is 361. The van der Waals surface area contributed by atoms with Gasteiger partial charge in [0.25, 0.3) is 0 Å². The van der Waals surface area contributed by atoms with Gasteiger partial charge in [-0.2, -0.15) is 0 Å². The fraction of sp³-hybridized carbons (Fsp3) is 0.571. The van der Waals surface area contributed by atoms with Crippen LogP contribution in [0.15, 0.2) is 24.3 Å². The Morgan fingerprint density at radius 3 is 2.88 bits per heavy atom. The smallest absolute Gasteiger partial charge is 0.0807 e. The minimum absolute atomic E-state index is 0.379. The van der Waals surface area contributed by atoms with E-state index in [9.17, 15) is 5.11 Å². The number of aliphatic hydroxyl groups excluding tert-OH is 1. The van der Waals surface area contributed by atoms with Gasteiger partial charge in [-0.05, 0) is 18.9 Å². The van der Waals surface area contributed by atoms with Crippen LogP contribution < -0.4 is 4.90 Å². The number of hydrogen-bond acceptors (Lipinski definition) is 3. The molecule has 0 aromatic heterocycles. The van der Waals surface area contributed by atoms with Gasteiger partial charge in [-0.25, -0.2) is 0 Å². The van der Waals surface area contributed by atoms with Gasteiger partial charge in [-0.15, -0.1) is 0 Å². The average molecular weight is 235 g/mol. The molecule has 0 radical (unpaired) electrons. The molecule has 0 bridgehead atoms. The SMILES string of the molecule is CC[C@H](O)c1ccccc1N(C)C1CCOC1. The highest BCUT2D eigenvalue weighted by Crippen LogP contribution is 2.29. The molecule has 1 heterocycles. The highest BCUT2D eigenvalue weighted by atomic mass is 16.5. The van der Waals surface area contributed by atoms with Gasteiger partial charge in [0, 0.05) is 24.9 Å². The lowest BCUT2D eigenvalue weighted by molar-refractivity contribution is 0.173. The molecule has 0 amide bonds. The number of aliphatic hydroxyl groups is 1. The molecule has 0 saturated carbocycles. The predicted octanol–water partition coefficient (Wildman–Crippen LogP) is 2.36. The molecule has 17 heavy (non-hydrogen) atoms. The third kappa shape index (κ3) is 2.61. The molecule has 1 aliphatic rings. The highest BCUT2D eigenvalue weighted by Gasteiger charge is 2.23. The van der Waals surface area contributed by atoms with Crippen LogP contribution in [0.3, 0.4) is 0 Å². The molecule has 2 atom stereocenters. The number of para-hydroxylation sites is 1. The van der Waals surface area contributed by atoms with Crippen molar-refractivity contribution in [1.82, 2.24) is 0 Å². The molecule has 3 nitrogen and oxygen atoms in total. The van der Waals surface area contributed by atoms with Crippen molar-refractivity contribution in [3.63, 3.8) is 0 Å². The second-order valence-electron chi connectivity index (χ2n) is 4.61. The lowest BCUT2D eigenvalue weighted by Gasteiger charge is -2.28. The van der Waals surface area contributed by atoms with Crippen molar-refractivity contribution in [3.8, 4) is 0 Å². The van der Waals surface area contributed by atoms with Crippen molar-refractivity contribution in [2.24, 2.45) is 0 Å². The van der Waals surface area contributed by atoms with Crippen molar-refractivity contribution in [3.05, 3.63) is 29.8 Å². The molecular formula is C14H21NO2. The van der Waals surface area contributed by atoms with Crippen LogP contribution in [0.4, 0.5) is 5.69 Å². The summed E-state index contributed by atoms with van der Waals surface area (Å²) in [7, 11) is 2.08. The molecule has 1 unspecified atom stereocenters. The third-order valence-corrected chi connectivity index (χ3v) is 3.52. The minimum atomic E-state index is -0.379. The first-order valence-electron chi connectivity index (χ1n) is 6.31. The third-order valence-electron chi connectivity index (χ3n) is 3.52. The molecule has 1 aromatic carbocycles. The van der Waals surface area contributed by atoms with E-state index in [4.69, 9.17) is 4.74 Å². The number of rotatable bonds is 4. The van der Waals surface area contributed by atoms with Crippen molar-refractivity contribution < 1.29 is 9.84 Å². The standard InChI is InChI=1S/C14H21NO2/c1-3-14(16)12-6-4-5-7-13(12)15(2)11-8-9-17-10-11/h4-7,11,14,16H,3,8-10H2,1-2H3/t11?,14-/m0/s1. The average Bonchev–Trinajstić information content (AvgIpc) is 2.91. The Balaban J connectivity index is 2.24. The van der Waals surface area contributed by atoms with Crippen molar-refractivity contribution in [1.29, 1.82) is 0 Å². The molecule has 2 rings (SSSR count). The van der Waals surface area contributed by atoms with E-state index < -0.39 is 0 Å². The summed E-state index contributed by atoms with van der Waals surface area (Å²) in [6.45, 7) is 3.63. The maximum absolute atomic E-state index is 10.0. The Hall–Kier alpha value is -1.06. The quantitative estimate of drug-likeness (QED) is 0.869. The number of anilines is 1. The lowest BCUT2D eigenvalue weighted by atomic mass is 10.0. The first-order chi connectivity index (χ1) is 8.24. The molecule has 0 aliphatic carbocycles. The first kappa shape index (κ1) is 12.4. The van der Waals surface area contributed by atoms with Crippen LogP contribution in [0.25, 0.3) is 0 Å². The number of ether oxygens (including phenoxy) is 1. The zero-order valence-corrected chi connectivity index (χ0v) is 10.6. The molecule has 3 heteroatoms. The van der Waals surface area contributed by atoms with Crippen LogP contribution in [-0.2, 0) is 4.74 Å². The fourth-order valence-electron chi connectivity index (χ4n) is 2.33. The van der Waals surface area contributed by atoms with E-state index in [-0.39, 0.29) is 6.10 Å². The van der Waals surface area contributed by atoms with E-state index in [0.717, 1.165) is 37.3 Å². The lowest BCUT2D eigenvalue weighted by Crippen LogP contribution is -2.32. The molecular weight excluding hydrogens is 214 g/mol. The highest BCUT2D eigenvalue weighted by molar-refractivity contribution is 5.55. The number of benzene rings is 1. The van der Waals surface area contributed by atoms with Gasteiger partial charge >= 0.3 is 0 Å². The predicted molar refractivity (Wildman–Crippen MR) is 69.3 cm³/mol. The Labute approximate surface area is 103 Å². The number of hydrogen-bond donors (Lipinski definition) is 1. The van der Waals surface area contributed by atoms with Crippen LogP contribution in [-0.4, -0.2) is 31.4 Å². The molecule has 1 fully saturated rings. The maximum Gasteiger partial charge on any atom is 0.0807 e. The summed E-state index contributed by atoms with van der Waals surface area (Å²) in [6, 6.07) is 8.52. The Kier molecular flexibility index (Phi) is 4.02. The van der Waals surface area contributed by atoms with E-state index in [2.05, 4.69) is 18.0 Å². The van der Waals surface area contributed by atoms with E-state index in [1.807, 2.05) is 25.1 Å². The molecule has 94 valence electrons. The topological polar surface area (TPSA) is 32.7 Å². The first-order valence-corrected chi connectivity index (χ1v) is 6.31. The zero-order valence-electron chi connectivity index (χ0n) is 10.6. The van der Waals surface area contributed by atoms with Gasteiger partial charge < -0.3 is 14.7 Å². The largest absolute Gasteiger partial charge is 0.388 e. The van der Waals surface area contributed by atoms with Crippen LogP contribution >= 0.6 is 0 Å². The monoisotopic (exact) mass is 235 g/mol. The second-order valence-corrected chi connectivity index (χ2v) is 4.61. The van der Waals surface area contributed by atoms with Crippen molar-refractivity contribution >= 4 is 5.69 Å². The van der Waals surface area contributed by atoms with Crippen LogP contribution in [0.5, 0.6) is 0 Å². The fourth-order valence-corrected chi connectivity index (χ4v) is 2.33. The second kappa shape index (κ2) is 5.52. The summed E-state index contributed by atoms with van der Waals surface area (Å²) < 4.78 is 5.42. The number of nitrogens with zero attached hydrogens (tertiary/aromatic N) is 1. The summed E-state index contributed by atoms with van der Waals surface area (Å²) in [6.07, 6.45) is 1.43. The molecule has 1 aliphatic heterocycles. The van der Waals surface area contributed by atoms with Crippen LogP contribution in [0, 0.1) is 0 Å². The van der Waals surface area contributed by atoms with E-state index in [1.54, 1.807) is 0 Å². The van der Waals surface area contributed by atoms with Crippen molar-refractivity contribution in [2.45, 2.75) is 31.9 Å². The Morgan fingerprint density at radius 1 is 1.47 bits per heavy atom. The minimum Gasteiger partial charge on any atom is -0.388 e. The van der Waals surface area contributed by atoms with Gasteiger partial charge in [0.1, 0.15) is 0 Å². The van der Waals surface area contributed by atoms with Crippen LogP contribution in [0.2, 0.25) is 0 Å². The summed E-state index contributed by atoms with van der Waals surface area (Å²) in [5, 5.41) is 10.0. The molecule has 1 N–H and O–H groups in total. The maximum atomic E-state index is 10.0. The van der Waals surface area contributed by atoms with Gasteiger partial charge in [0.15, 0.2) is 0 Å².